The molecule has 0 aromatic carbocycles. The number of aromatic amines is 1. The summed E-state index contributed by atoms with van der Waals surface area (Å²) in [5.74, 6) is 0.496. The number of thioether (sulfide) groups is 1. The lowest BCUT2D eigenvalue weighted by Gasteiger charge is -2.12. The molecule has 2 aliphatic heterocycles. The van der Waals surface area contributed by atoms with Gasteiger partial charge in [0.15, 0.2) is 22.5 Å². The van der Waals surface area contributed by atoms with Crippen LogP contribution in [-0.2, 0) is 4.74 Å². The van der Waals surface area contributed by atoms with Crippen LogP contribution in [0.2, 0.25) is 0 Å². The molecule has 20 heavy (non-hydrogen) atoms. The van der Waals surface area contributed by atoms with Crippen molar-refractivity contribution in [3.8, 4) is 0 Å². The molecule has 106 valence electrons. The van der Waals surface area contributed by atoms with Gasteiger partial charge in [0, 0.05) is 0 Å². The molecule has 4 atom stereocenters. The van der Waals surface area contributed by atoms with Crippen LogP contribution >= 0.6 is 11.8 Å². The average Bonchev–Trinajstić information content (AvgIpc) is 3.00. The van der Waals surface area contributed by atoms with E-state index in [0.29, 0.717) is 16.6 Å². The molecule has 1 unspecified atom stereocenters. The highest BCUT2D eigenvalue weighted by Gasteiger charge is 2.51. The zero-order valence-corrected chi connectivity index (χ0v) is 11.3. The molecule has 0 spiro atoms. The molecule has 0 aliphatic carbocycles. The van der Waals surface area contributed by atoms with Crippen molar-refractivity contribution in [3.05, 3.63) is 16.2 Å². The maximum Gasteiger partial charge on any atom is 0.279 e. The third-order valence-corrected chi connectivity index (χ3v) is 4.91. The second-order valence-corrected chi connectivity index (χ2v) is 6.05. The minimum absolute atomic E-state index is 0.236. The fourth-order valence-corrected chi connectivity index (χ4v) is 4.02. The lowest BCUT2D eigenvalue weighted by Crippen LogP contribution is -2.30. The molecule has 0 saturated carbocycles. The number of fused-ring (bicyclic) bond motifs is 5. The Bertz CT molecular complexity index is 757. The number of rotatable bonds is 1. The maximum absolute atomic E-state index is 11.9. The zero-order chi connectivity index (χ0) is 14.0. The summed E-state index contributed by atoms with van der Waals surface area (Å²) in [5.41, 5.74) is 0.429. The van der Waals surface area contributed by atoms with Crippen LogP contribution in [0.5, 0.6) is 0 Å². The first kappa shape index (κ1) is 12.3. The molecule has 4 heterocycles. The van der Waals surface area contributed by atoms with Crippen LogP contribution in [0.1, 0.15) is 12.1 Å². The highest BCUT2D eigenvalue weighted by Crippen LogP contribution is 2.48. The van der Waals surface area contributed by atoms with Crippen molar-refractivity contribution in [2.24, 2.45) is 0 Å². The summed E-state index contributed by atoms with van der Waals surface area (Å²) in [6, 6.07) is 0. The second kappa shape index (κ2) is 4.04. The van der Waals surface area contributed by atoms with Crippen LogP contribution in [0.15, 0.2) is 9.95 Å². The molecule has 3 N–H and O–H groups in total. The Morgan fingerprint density at radius 3 is 3.05 bits per heavy atom. The Labute approximate surface area is 116 Å². The van der Waals surface area contributed by atoms with E-state index >= 15 is 0 Å². The van der Waals surface area contributed by atoms with Gasteiger partial charge in [0.2, 0.25) is 0 Å². The molecule has 0 amide bonds. The summed E-state index contributed by atoms with van der Waals surface area (Å²) in [7, 11) is 0. The highest BCUT2D eigenvalue weighted by atomic mass is 32.2. The molecular formula is C11H12N4O4S. The molecule has 9 heteroatoms. The van der Waals surface area contributed by atoms with Crippen molar-refractivity contribution in [1.29, 1.82) is 0 Å². The van der Waals surface area contributed by atoms with Gasteiger partial charge in [0.1, 0.15) is 11.9 Å². The van der Waals surface area contributed by atoms with Crippen molar-refractivity contribution in [1.82, 2.24) is 19.5 Å². The first-order chi connectivity index (χ1) is 9.60. The predicted molar refractivity (Wildman–Crippen MR) is 69.5 cm³/mol. The first-order valence-corrected chi connectivity index (χ1v) is 7.08. The molecule has 8 nitrogen and oxygen atoms in total. The van der Waals surface area contributed by atoms with E-state index in [1.165, 1.54) is 11.8 Å². The van der Waals surface area contributed by atoms with Gasteiger partial charge in [-0.25, -0.2) is 9.97 Å². The van der Waals surface area contributed by atoms with Crippen LogP contribution in [-0.4, -0.2) is 53.8 Å². The van der Waals surface area contributed by atoms with E-state index in [-0.39, 0.29) is 22.9 Å². The van der Waals surface area contributed by atoms with Crippen molar-refractivity contribution >= 4 is 22.9 Å². The van der Waals surface area contributed by atoms with Crippen LogP contribution in [0.3, 0.4) is 0 Å². The van der Waals surface area contributed by atoms with Crippen molar-refractivity contribution in [2.75, 3.05) is 6.61 Å². The number of hydrogen-bond acceptors (Lipinski definition) is 7. The van der Waals surface area contributed by atoms with Gasteiger partial charge in [-0.2, -0.15) is 0 Å². The Hall–Kier alpha value is -1.42. The number of nitrogens with one attached hydrogen (secondary N) is 1. The Morgan fingerprint density at radius 1 is 1.50 bits per heavy atom. The van der Waals surface area contributed by atoms with Crippen LogP contribution in [0.25, 0.3) is 11.2 Å². The van der Waals surface area contributed by atoms with Gasteiger partial charge in [-0.1, -0.05) is 11.8 Å². The summed E-state index contributed by atoms with van der Waals surface area (Å²) in [5, 5.41) is 19.7. The maximum atomic E-state index is 11.9. The van der Waals surface area contributed by atoms with Crippen LogP contribution < -0.4 is 5.56 Å². The zero-order valence-electron chi connectivity index (χ0n) is 10.5. The Morgan fingerprint density at radius 2 is 2.30 bits per heavy atom. The smallest absolute Gasteiger partial charge is 0.279 e. The van der Waals surface area contributed by atoms with Gasteiger partial charge in [0.05, 0.1) is 18.0 Å². The van der Waals surface area contributed by atoms with Gasteiger partial charge in [0.25, 0.3) is 5.56 Å². The van der Waals surface area contributed by atoms with E-state index in [0.717, 1.165) is 0 Å². The van der Waals surface area contributed by atoms with Gasteiger partial charge in [-0.05, 0) is 6.92 Å². The SMILES string of the molecule is Cc1nc2c(nc3n2[C@@H]2O[C@H](CO)[C@H](O)C2S3)c(=O)[nH]1. The van der Waals surface area contributed by atoms with E-state index in [4.69, 9.17) is 4.74 Å². The summed E-state index contributed by atoms with van der Waals surface area (Å²) >= 11 is 1.35. The van der Waals surface area contributed by atoms with E-state index in [1.54, 1.807) is 11.5 Å². The lowest BCUT2D eigenvalue weighted by molar-refractivity contribution is -0.0448. The van der Waals surface area contributed by atoms with E-state index in [9.17, 15) is 15.0 Å². The summed E-state index contributed by atoms with van der Waals surface area (Å²) < 4.78 is 7.40. The first-order valence-electron chi connectivity index (χ1n) is 6.20. The number of ether oxygens (including phenoxy) is 1. The quantitative estimate of drug-likeness (QED) is 0.628. The third-order valence-electron chi connectivity index (χ3n) is 3.63. The average molecular weight is 296 g/mol. The number of H-pyrrole nitrogens is 1. The molecule has 2 aromatic rings. The number of nitrogens with zero attached hydrogens (tertiary/aromatic N) is 3. The molecule has 4 rings (SSSR count). The highest BCUT2D eigenvalue weighted by molar-refractivity contribution is 8.00. The number of aromatic nitrogens is 4. The minimum atomic E-state index is -0.769. The summed E-state index contributed by atoms with van der Waals surface area (Å²) in [4.78, 5) is 23.1. The molecule has 0 radical (unpaired) electrons. The summed E-state index contributed by atoms with van der Waals surface area (Å²) in [6.45, 7) is 1.45. The number of hydrogen-bond donors (Lipinski definition) is 3. The number of aliphatic hydroxyl groups is 2. The molecule has 2 aromatic heterocycles. The Balaban J connectivity index is 1.90. The number of aliphatic hydroxyl groups excluding tert-OH is 2. The van der Waals surface area contributed by atoms with E-state index < -0.39 is 18.4 Å². The summed E-state index contributed by atoms with van der Waals surface area (Å²) in [6.07, 6.45) is -1.85. The van der Waals surface area contributed by atoms with Gasteiger partial charge in [-0.3, -0.25) is 9.36 Å². The normalized spacial score (nSPS) is 31.8. The monoisotopic (exact) mass is 296 g/mol. The van der Waals surface area contributed by atoms with Gasteiger partial charge in [-0.15, -0.1) is 0 Å². The van der Waals surface area contributed by atoms with Crippen LogP contribution in [0.4, 0.5) is 0 Å². The standard InChI is InChI=1S/C11H12N4O4S/c1-3-12-8-5(9(18)13-3)14-11-15(8)10-7(20-11)6(17)4(2-16)19-10/h4,6-7,10,16-17H,2H2,1H3,(H,12,13,18)/t4-,6+,7?,10-/m1/s1. The molecule has 1 fully saturated rings. The molecule has 0 bridgehead atoms. The molecular weight excluding hydrogens is 284 g/mol. The van der Waals surface area contributed by atoms with Crippen molar-refractivity contribution in [2.45, 2.75) is 35.8 Å². The van der Waals surface area contributed by atoms with Crippen molar-refractivity contribution in [3.63, 3.8) is 0 Å². The van der Waals surface area contributed by atoms with Gasteiger partial charge >= 0.3 is 0 Å². The predicted octanol–water partition coefficient (Wildman–Crippen LogP) is -0.847. The minimum Gasteiger partial charge on any atom is -0.394 e. The number of aryl methyl sites for hydroxylation is 1. The van der Waals surface area contributed by atoms with E-state index in [1.807, 2.05) is 0 Å². The third kappa shape index (κ3) is 1.46. The fourth-order valence-electron chi connectivity index (χ4n) is 2.71. The van der Waals surface area contributed by atoms with E-state index in [2.05, 4.69) is 15.0 Å². The van der Waals surface area contributed by atoms with Gasteiger partial charge < -0.3 is 19.9 Å². The lowest BCUT2D eigenvalue weighted by atomic mass is 10.2. The fraction of sp³-hybridized carbons (Fsp3) is 0.545. The second-order valence-electron chi connectivity index (χ2n) is 4.91. The topological polar surface area (TPSA) is 113 Å². The van der Waals surface area contributed by atoms with Crippen LogP contribution in [0, 0.1) is 6.92 Å². The Kier molecular flexibility index (Phi) is 2.49. The largest absolute Gasteiger partial charge is 0.394 e. The molecule has 2 aliphatic rings. The molecule has 1 saturated heterocycles. The number of imidazole rings is 1. The van der Waals surface area contributed by atoms with Crippen molar-refractivity contribution < 1.29 is 14.9 Å².